The second kappa shape index (κ2) is 7.90. The quantitative estimate of drug-likeness (QED) is 0.705. The molecule has 1 atom stereocenters. The Balaban J connectivity index is 1.24. The number of halogens is 4. The van der Waals surface area contributed by atoms with Gasteiger partial charge in [0.05, 0.1) is 31.4 Å². The van der Waals surface area contributed by atoms with Gasteiger partial charge in [-0.25, -0.2) is 9.18 Å². The Bertz CT molecular complexity index is 924. The average molecular weight is 426 g/mol. The monoisotopic (exact) mass is 426 g/mol. The zero-order chi connectivity index (χ0) is 21.5. The van der Waals surface area contributed by atoms with E-state index in [0.717, 1.165) is 24.2 Å². The number of hydrogen-bond acceptors (Lipinski definition) is 3. The number of hydrogen-bond donors (Lipinski definition) is 0. The molecule has 4 rings (SSSR count). The molecule has 0 spiro atoms. The van der Waals surface area contributed by atoms with Crippen molar-refractivity contribution in [3.63, 3.8) is 0 Å². The fourth-order valence-electron chi connectivity index (χ4n) is 3.91. The van der Waals surface area contributed by atoms with Crippen LogP contribution in [0.15, 0.2) is 30.5 Å². The van der Waals surface area contributed by atoms with Gasteiger partial charge in [0.1, 0.15) is 5.82 Å². The molecule has 10 heteroatoms. The van der Waals surface area contributed by atoms with Crippen molar-refractivity contribution in [3.05, 3.63) is 53.1 Å². The summed E-state index contributed by atoms with van der Waals surface area (Å²) < 4.78 is 59.1. The first-order valence-corrected chi connectivity index (χ1v) is 9.71. The first-order valence-electron chi connectivity index (χ1n) is 9.71. The van der Waals surface area contributed by atoms with E-state index >= 15 is 0 Å². The average Bonchev–Trinajstić information content (AvgIpc) is 3.29. The van der Waals surface area contributed by atoms with Gasteiger partial charge >= 0.3 is 12.2 Å². The second-order valence-corrected chi connectivity index (χ2v) is 7.74. The summed E-state index contributed by atoms with van der Waals surface area (Å²) in [5.74, 6) is -0.687. The number of rotatable bonds is 4. The first-order chi connectivity index (χ1) is 14.2. The predicted octanol–water partition coefficient (Wildman–Crippen LogP) is 3.39. The molecule has 2 aliphatic rings. The molecule has 0 N–H and O–H groups in total. The number of nitrogens with zero attached hydrogens (tertiary/aromatic N) is 4. The van der Waals surface area contributed by atoms with Gasteiger partial charge in [-0.15, -0.1) is 0 Å². The van der Waals surface area contributed by atoms with Crippen LogP contribution in [0.5, 0.6) is 0 Å². The Morgan fingerprint density at radius 3 is 2.60 bits per heavy atom. The molecule has 2 amide bonds. The van der Waals surface area contributed by atoms with E-state index in [1.165, 1.54) is 0 Å². The van der Waals surface area contributed by atoms with Crippen molar-refractivity contribution in [1.82, 2.24) is 19.6 Å². The summed E-state index contributed by atoms with van der Waals surface area (Å²) in [6, 6.07) is 4.31. The molecule has 1 aromatic heterocycles. The largest absolute Gasteiger partial charge is 0.416 e. The summed E-state index contributed by atoms with van der Waals surface area (Å²) in [5, 5.41) is 4.18. The van der Waals surface area contributed by atoms with Crippen LogP contribution in [-0.2, 0) is 24.6 Å². The van der Waals surface area contributed by atoms with Gasteiger partial charge in [0, 0.05) is 43.5 Å². The van der Waals surface area contributed by atoms with E-state index in [0.29, 0.717) is 32.2 Å². The predicted molar refractivity (Wildman–Crippen MR) is 99.1 cm³/mol. The van der Waals surface area contributed by atoms with E-state index in [9.17, 15) is 22.4 Å². The number of amides is 2. The number of urea groups is 1. The Labute approximate surface area is 171 Å². The molecule has 1 unspecified atom stereocenters. The number of likely N-dealkylation sites (tertiary alicyclic amines) is 2. The van der Waals surface area contributed by atoms with E-state index in [1.54, 1.807) is 11.1 Å². The third-order valence-corrected chi connectivity index (χ3v) is 5.71. The van der Waals surface area contributed by atoms with Gasteiger partial charge in [-0.2, -0.15) is 18.3 Å². The van der Waals surface area contributed by atoms with Gasteiger partial charge in [0.2, 0.25) is 0 Å². The molecule has 6 nitrogen and oxygen atoms in total. The maximum absolute atomic E-state index is 13.9. The van der Waals surface area contributed by atoms with Crippen LogP contribution in [0, 0.1) is 5.82 Å². The number of carbonyl (C=O) groups excluding carboxylic acids is 1. The molecule has 0 bridgehead atoms. The van der Waals surface area contributed by atoms with Gasteiger partial charge in [0.25, 0.3) is 0 Å². The number of alkyl halides is 3. The van der Waals surface area contributed by atoms with Crippen LogP contribution < -0.4 is 0 Å². The SMILES string of the molecule is Cn1nccc1C1CCN(C(=O)N2CC(OCc3ccc(C(F)(F)F)cc3F)C2)C1. The minimum atomic E-state index is -4.58. The molecule has 1 aromatic carbocycles. The number of carbonyl (C=O) groups is 1. The Hall–Kier alpha value is -2.62. The van der Waals surface area contributed by atoms with Crippen LogP contribution in [0.1, 0.15) is 29.2 Å². The molecule has 2 fully saturated rings. The highest BCUT2D eigenvalue weighted by Gasteiger charge is 2.37. The lowest BCUT2D eigenvalue weighted by Crippen LogP contribution is -2.58. The molecule has 162 valence electrons. The van der Waals surface area contributed by atoms with Crippen LogP contribution in [0.3, 0.4) is 0 Å². The lowest BCUT2D eigenvalue weighted by Gasteiger charge is -2.40. The minimum absolute atomic E-state index is 0.0553. The summed E-state index contributed by atoms with van der Waals surface area (Å²) in [6.45, 7) is 1.94. The van der Waals surface area contributed by atoms with E-state index in [1.807, 2.05) is 22.7 Å². The number of aryl methyl sites for hydroxylation is 1. The maximum atomic E-state index is 13.9. The Morgan fingerprint density at radius 2 is 1.97 bits per heavy atom. The molecular formula is C20H22F4N4O2. The van der Waals surface area contributed by atoms with Crippen molar-refractivity contribution in [3.8, 4) is 0 Å². The number of benzene rings is 1. The fraction of sp³-hybridized carbons (Fsp3) is 0.500. The summed E-state index contributed by atoms with van der Waals surface area (Å²) in [5.41, 5.74) is 0.138. The molecular weight excluding hydrogens is 404 g/mol. The van der Waals surface area contributed by atoms with Crippen LogP contribution in [0.4, 0.5) is 22.4 Å². The smallest absolute Gasteiger partial charge is 0.370 e. The molecule has 0 radical (unpaired) electrons. The molecule has 0 aliphatic carbocycles. The van der Waals surface area contributed by atoms with Gasteiger partial charge in [-0.3, -0.25) is 4.68 Å². The van der Waals surface area contributed by atoms with Crippen molar-refractivity contribution in [1.29, 1.82) is 0 Å². The van der Waals surface area contributed by atoms with E-state index < -0.39 is 17.6 Å². The number of ether oxygens (including phenoxy) is 1. The summed E-state index contributed by atoms with van der Waals surface area (Å²) in [6.07, 6.45) is -2.21. The van der Waals surface area contributed by atoms with Crippen molar-refractivity contribution in [2.45, 2.75) is 31.2 Å². The first kappa shape index (κ1) is 20.6. The highest BCUT2D eigenvalue weighted by molar-refractivity contribution is 5.76. The fourth-order valence-corrected chi connectivity index (χ4v) is 3.91. The normalized spacial score (nSPS) is 20.0. The van der Waals surface area contributed by atoms with E-state index in [-0.39, 0.29) is 30.2 Å². The maximum Gasteiger partial charge on any atom is 0.416 e. The second-order valence-electron chi connectivity index (χ2n) is 7.74. The molecule has 3 heterocycles. The third-order valence-electron chi connectivity index (χ3n) is 5.71. The van der Waals surface area contributed by atoms with Gasteiger partial charge in [0.15, 0.2) is 0 Å². The molecule has 2 saturated heterocycles. The lowest BCUT2D eigenvalue weighted by atomic mass is 10.1. The van der Waals surface area contributed by atoms with Crippen LogP contribution in [0.2, 0.25) is 0 Å². The highest BCUT2D eigenvalue weighted by Crippen LogP contribution is 2.31. The summed E-state index contributed by atoms with van der Waals surface area (Å²) in [4.78, 5) is 16.1. The van der Waals surface area contributed by atoms with Crippen molar-refractivity contribution < 1.29 is 27.1 Å². The number of aromatic nitrogens is 2. The van der Waals surface area contributed by atoms with Gasteiger partial charge in [-0.05, 0) is 24.6 Å². The van der Waals surface area contributed by atoms with Gasteiger partial charge in [-0.1, -0.05) is 6.07 Å². The third kappa shape index (κ3) is 4.14. The highest BCUT2D eigenvalue weighted by atomic mass is 19.4. The van der Waals surface area contributed by atoms with Crippen LogP contribution in [-0.4, -0.2) is 57.9 Å². The molecule has 2 aliphatic heterocycles. The molecule has 30 heavy (non-hydrogen) atoms. The Kier molecular flexibility index (Phi) is 5.44. The van der Waals surface area contributed by atoms with Crippen LogP contribution >= 0.6 is 0 Å². The van der Waals surface area contributed by atoms with E-state index in [2.05, 4.69) is 5.10 Å². The molecule has 0 saturated carbocycles. The zero-order valence-corrected chi connectivity index (χ0v) is 16.4. The zero-order valence-electron chi connectivity index (χ0n) is 16.4. The van der Waals surface area contributed by atoms with E-state index in [4.69, 9.17) is 4.74 Å². The van der Waals surface area contributed by atoms with Crippen LogP contribution in [0.25, 0.3) is 0 Å². The van der Waals surface area contributed by atoms with Gasteiger partial charge < -0.3 is 14.5 Å². The van der Waals surface area contributed by atoms with Crippen molar-refractivity contribution >= 4 is 6.03 Å². The molecule has 2 aromatic rings. The Morgan fingerprint density at radius 1 is 1.20 bits per heavy atom. The van der Waals surface area contributed by atoms with Crippen molar-refractivity contribution in [2.75, 3.05) is 26.2 Å². The topological polar surface area (TPSA) is 50.6 Å². The lowest BCUT2D eigenvalue weighted by molar-refractivity contribution is -0.137. The van der Waals surface area contributed by atoms with Crippen molar-refractivity contribution in [2.24, 2.45) is 7.05 Å². The summed E-state index contributed by atoms with van der Waals surface area (Å²) in [7, 11) is 1.89. The summed E-state index contributed by atoms with van der Waals surface area (Å²) >= 11 is 0. The standard InChI is InChI=1S/C20H22F4N4O2/c1-26-18(4-6-25-26)13-5-7-27(9-13)19(29)28-10-16(11-28)30-12-14-2-3-15(8-17(14)21)20(22,23)24/h2-4,6,8,13,16H,5,7,9-12H2,1H3. The minimum Gasteiger partial charge on any atom is -0.370 e.